The summed E-state index contributed by atoms with van der Waals surface area (Å²) in [6.45, 7) is 7.43. The number of hydrogen-bond acceptors (Lipinski definition) is 11. The number of ether oxygens (including phenoxy) is 5. The van der Waals surface area contributed by atoms with Crippen molar-refractivity contribution in [1.29, 1.82) is 0 Å². The minimum Gasteiger partial charge on any atom is -0.465 e. The summed E-state index contributed by atoms with van der Waals surface area (Å²) in [6.07, 6.45) is -4.35. The zero-order valence-electron chi connectivity index (χ0n) is 22.8. The first-order valence-electron chi connectivity index (χ1n) is 12.8. The predicted molar refractivity (Wildman–Crippen MR) is 132 cm³/mol. The van der Waals surface area contributed by atoms with Crippen molar-refractivity contribution in [1.82, 2.24) is 0 Å². The number of Topliss-reactive ketones (excluding diaryl/α,β-unsaturated/α-hetero) is 1. The van der Waals surface area contributed by atoms with Gasteiger partial charge in [0, 0.05) is 20.8 Å². The number of rotatable bonds is 6. The molecule has 11 nitrogen and oxygen atoms in total. The van der Waals surface area contributed by atoms with Crippen LogP contribution in [0.3, 0.4) is 0 Å². The molecule has 1 spiro atoms. The van der Waals surface area contributed by atoms with Crippen LogP contribution in [0.1, 0.15) is 64.7 Å². The van der Waals surface area contributed by atoms with E-state index < -0.39 is 82.7 Å². The molecular formula is C28H34O11. The molecule has 2 bridgehead atoms. The molecule has 0 aromatic heterocycles. The van der Waals surface area contributed by atoms with Crippen LogP contribution in [0, 0.1) is 11.3 Å². The Kier molecular flexibility index (Phi) is 7.14. The summed E-state index contributed by atoms with van der Waals surface area (Å²) < 4.78 is 29.5. The van der Waals surface area contributed by atoms with E-state index in [9.17, 15) is 29.1 Å². The van der Waals surface area contributed by atoms with Crippen LogP contribution < -0.4 is 0 Å². The molecule has 1 aliphatic heterocycles. The second-order valence-electron chi connectivity index (χ2n) is 11.2. The molecule has 39 heavy (non-hydrogen) atoms. The maximum Gasteiger partial charge on any atom is 0.338 e. The minimum absolute atomic E-state index is 0.0108. The summed E-state index contributed by atoms with van der Waals surface area (Å²) in [4.78, 5) is 64.5. The fourth-order valence-corrected chi connectivity index (χ4v) is 6.87. The van der Waals surface area contributed by atoms with Gasteiger partial charge in [-0.15, -0.1) is 0 Å². The Hall–Kier alpha value is -3.31. The molecule has 0 amide bonds. The number of benzene rings is 1. The summed E-state index contributed by atoms with van der Waals surface area (Å²) in [5.74, 6) is -4.89. The number of carbonyl (C=O) groups excluding carboxylic acids is 5. The van der Waals surface area contributed by atoms with Crippen LogP contribution in [0.25, 0.3) is 0 Å². The van der Waals surface area contributed by atoms with Crippen molar-refractivity contribution in [3.63, 3.8) is 0 Å². The van der Waals surface area contributed by atoms with Crippen molar-refractivity contribution >= 4 is 29.7 Å². The summed E-state index contributed by atoms with van der Waals surface area (Å²) in [5.41, 5.74) is -6.93. The first kappa shape index (κ1) is 28.7. The van der Waals surface area contributed by atoms with Gasteiger partial charge in [-0.3, -0.25) is 19.2 Å². The van der Waals surface area contributed by atoms with Gasteiger partial charge in [0.05, 0.1) is 22.7 Å². The van der Waals surface area contributed by atoms with Gasteiger partial charge in [-0.05, 0) is 45.7 Å². The highest BCUT2D eigenvalue weighted by atomic mass is 16.6. The molecule has 1 heterocycles. The topological polar surface area (TPSA) is 152 Å². The maximum absolute atomic E-state index is 14.2. The molecular weight excluding hydrogens is 512 g/mol. The molecule has 1 aromatic rings. The normalized spacial score (nSPS) is 36.3. The predicted octanol–water partition coefficient (Wildman–Crippen LogP) is 1.92. The Bertz CT molecular complexity index is 1190. The largest absolute Gasteiger partial charge is 0.465 e. The molecule has 1 N–H and O–H groups in total. The summed E-state index contributed by atoms with van der Waals surface area (Å²) in [5, 5.41) is 12.1. The van der Waals surface area contributed by atoms with E-state index in [1.807, 2.05) is 0 Å². The average molecular weight is 547 g/mol. The highest BCUT2D eigenvalue weighted by Gasteiger charge is 2.87. The third kappa shape index (κ3) is 4.31. The van der Waals surface area contributed by atoms with E-state index in [1.165, 1.54) is 19.1 Å². The number of esters is 4. The second kappa shape index (κ2) is 9.71. The van der Waals surface area contributed by atoms with Gasteiger partial charge in [-0.1, -0.05) is 18.2 Å². The van der Waals surface area contributed by atoms with E-state index >= 15 is 0 Å². The molecule has 2 saturated carbocycles. The van der Waals surface area contributed by atoms with Crippen molar-refractivity contribution in [2.75, 3.05) is 6.61 Å². The van der Waals surface area contributed by atoms with Crippen LogP contribution in [0.5, 0.6) is 0 Å². The lowest BCUT2D eigenvalue weighted by Crippen LogP contribution is -2.82. The second-order valence-corrected chi connectivity index (χ2v) is 11.2. The van der Waals surface area contributed by atoms with Gasteiger partial charge in [0.1, 0.15) is 24.2 Å². The Labute approximate surface area is 226 Å². The molecule has 2 aliphatic carbocycles. The average Bonchev–Trinajstić information content (AvgIpc) is 3.04. The van der Waals surface area contributed by atoms with Gasteiger partial charge in [0.25, 0.3) is 0 Å². The van der Waals surface area contributed by atoms with Crippen molar-refractivity contribution in [3.05, 3.63) is 35.9 Å². The van der Waals surface area contributed by atoms with E-state index in [4.69, 9.17) is 23.7 Å². The lowest BCUT2D eigenvalue weighted by molar-refractivity contribution is -0.334. The molecule has 0 radical (unpaired) electrons. The standard InChI is InChI=1S/C28H34O11/c1-15(29)35-14-27-19(38-24(33)18-10-8-7-9-11-18)12-13-26(6,34)28(27)22(36-16(2)30)20(25(4,5)39-28)21(32)23(27)37-17(3)31/h7-11,19-20,22-23,34H,12-14H2,1-6H3/t19-,20+,22+,23+,26-,27-,28-/m0/s1. The number of fused-ring (bicyclic) bond motifs is 1. The third-order valence-electron chi connectivity index (χ3n) is 8.22. The van der Waals surface area contributed by atoms with E-state index in [1.54, 1.807) is 32.0 Å². The first-order chi connectivity index (χ1) is 18.1. The molecule has 7 atom stereocenters. The van der Waals surface area contributed by atoms with Gasteiger partial charge < -0.3 is 28.8 Å². The molecule has 3 aliphatic rings. The van der Waals surface area contributed by atoms with Crippen LogP contribution in [-0.2, 0) is 42.9 Å². The smallest absolute Gasteiger partial charge is 0.338 e. The van der Waals surface area contributed by atoms with Crippen LogP contribution in [0.2, 0.25) is 0 Å². The van der Waals surface area contributed by atoms with Crippen molar-refractivity contribution in [3.8, 4) is 0 Å². The van der Waals surface area contributed by atoms with Crippen LogP contribution in [-0.4, -0.2) is 76.5 Å². The number of carbonyl (C=O) groups is 5. The molecule has 0 unspecified atom stereocenters. The summed E-state index contributed by atoms with van der Waals surface area (Å²) in [7, 11) is 0. The fraction of sp³-hybridized carbons (Fsp3) is 0.607. The SMILES string of the molecule is CC(=O)OC[C@@]12[C@@H](OC(=O)c3ccccc3)CC[C@](C)(O)[C@]13OC(C)(C)[C@H](C(=O)[C@H]2OC(C)=O)[C@H]3OC(C)=O. The summed E-state index contributed by atoms with van der Waals surface area (Å²) >= 11 is 0. The monoisotopic (exact) mass is 546 g/mol. The molecule has 3 fully saturated rings. The molecule has 212 valence electrons. The van der Waals surface area contributed by atoms with Gasteiger partial charge in [0.15, 0.2) is 17.5 Å². The lowest BCUT2D eigenvalue weighted by atomic mass is 9.46. The highest BCUT2D eigenvalue weighted by Crippen LogP contribution is 2.68. The fourth-order valence-electron chi connectivity index (χ4n) is 6.87. The van der Waals surface area contributed by atoms with Crippen LogP contribution in [0.4, 0.5) is 0 Å². The number of ketones is 1. The minimum atomic E-state index is -2.00. The van der Waals surface area contributed by atoms with Gasteiger partial charge in [-0.2, -0.15) is 0 Å². The molecule has 1 aromatic carbocycles. The zero-order valence-corrected chi connectivity index (χ0v) is 22.8. The Morgan fingerprint density at radius 3 is 2.13 bits per heavy atom. The third-order valence-corrected chi connectivity index (χ3v) is 8.22. The Balaban J connectivity index is 2.02. The van der Waals surface area contributed by atoms with E-state index in [0.717, 1.165) is 20.8 Å². The van der Waals surface area contributed by atoms with Gasteiger partial charge in [-0.25, -0.2) is 4.79 Å². The first-order valence-corrected chi connectivity index (χ1v) is 12.8. The van der Waals surface area contributed by atoms with E-state index in [-0.39, 0.29) is 18.4 Å². The Morgan fingerprint density at radius 2 is 1.56 bits per heavy atom. The van der Waals surface area contributed by atoms with Gasteiger partial charge >= 0.3 is 23.9 Å². The Morgan fingerprint density at radius 1 is 0.949 bits per heavy atom. The number of hydrogen-bond donors (Lipinski definition) is 1. The van der Waals surface area contributed by atoms with E-state index in [2.05, 4.69) is 0 Å². The quantitative estimate of drug-likeness (QED) is 0.411. The van der Waals surface area contributed by atoms with Crippen LogP contribution in [0.15, 0.2) is 30.3 Å². The van der Waals surface area contributed by atoms with E-state index in [0.29, 0.717) is 0 Å². The maximum atomic E-state index is 14.2. The zero-order chi connectivity index (χ0) is 29.0. The lowest BCUT2D eigenvalue weighted by Gasteiger charge is -2.64. The van der Waals surface area contributed by atoms with Crippen LogP contribution >= 0.6 is 0 Å². The summed E-state index contributed by atoms with van der Waals surface area (Å²) in [6, 6.07) is 8.10. The number of aliphatic hydroxyl groups is 1. The van der Waals surface area contributed by atoms with Crippen molar-refractivity contribution < 1.29 is 52.8 Å². The highest BCUT2D eigenvalue weighted by molar-refractivity contribution is 5.93. The van der Waals surface area contributed by atoms with Crippen molar-refractivity contribution in [2.45, 2.75) is 89.5 Å². The van der Waals surface area contributed by atoms with Crippen molar-refractivity contribution in [2.24, 2.45) is 11.3 Å². The van der Waals surface area contributed by atoms with Gasteiger partial charge in [0.2, 0.25) is 0 Å². The molecule has 4 rings (SSSR count). The molecule has 1 saturated heterocycles. The molecule has 11 heteroatoms.